The number of carbonyl (C=O) groups is 1. The van der Waals surface area contributed by atoms with Crippen LogP contribution in [0.25, 0.3) is 0 Å². The van der Waals surface area contributed by atoms with E-state index in [0.29, 0.717) is 6.54 Å². The van der Waals surface area contributed by atoms with Gasteiger partial charge in [-0.05, 0) is 50.4 Å². The highest BCUT2D eigenvalue weighted by Crippen LogP contribution is 2.49. The van der Waals surface area contributed by atoms with Gasteiger partial charge in [-0.2, -0.15) is 0 Å². The van der Waals surface area contributed by atoms with E-state index in [9.17, 15) is 9.90 Å². The lowest BCUT2D eigenvalue weighted by molar-refractivity contribution is 0.143. The van der Waals surface area contributed by atoms with Crippen molar-refractivity contribution in [3.63, 3.8) is 0 Å². The van der Waals surface area contributed by atoms with E-state index in [1.807, 2.05) is 0 Å². The number of carbonyl (C=O) groups excluding carboxylic acids is 1. The summed E-state index contributed by atoms with van der Waals surface area (Å²) in [6.07, 6.45) is 6.31. The van der Waals surface area contributed by atoms with Crippen LogP contribution < -0.4 is 5.32 Å². The van der Waals surface area contributed by atoms with Crippen LogP contribution in [-0.4, -0.2) is 42.3 Å². The van der Waals surface area contributed by atoms with Crippen LogP contribution in [-0.2, 0) is 0 Å². The minimum Gasteiger partial charge on any atom is -0.392 e. The van der Waals surface area contributed by atoms with Crippen molar-refractivity contribution in [2.24, 2.45) is 17.8 Å². The molecular weight excluding hydrogens is 228 g/mol. The molecule has 2 aliphatic rings. The van der Waals surface area contributed by atoms with E-state index in [1.165, 1.54) is 25.7 Å². The zero-order valence-electron chi connectivity index (χ0n) is 11.6. The van der Waals surface area contributed by atoms with E-state index in [1.54, 1.807) is 18.9 Å². The number of nitrogens with one attached hydrogen (secondary N) is 1. The first-order chi connectivity index (χ1) is 8.56. The maximum absolute atomic E-state index is 11.7. The van der Waals surface area contributed by atoms with Gasteiger partial charge in [0.15, 0.2) is 0 Å². The average molecular weight is 254 g/mol. The second-order valence-electron chi connectivity index (χ2n) is 6.19. The number of rotatable bonds is 5. The lowest BCUT2D eigenvalue weighted by Crippen LogP contribution is -2.41. The van der Waals surface area contributed by atoms with Gasteiger partial charge in [0.1, 0.15) is 0 Å². The summed E-state index contributed by atoms with van der Waals surface area (Å²) in [4.78, 5) is 13.3. The Morgan fingerprint density at radius 2 is 2.22 bits per heavy atom. The maximum atomic E-state index is 11.7. The Morgan fingerprint density at radius 3 is 2.78 bits per heavy atom. The van der Waals surface area contributed by atoms with Crippen molar-refractivity contribution in [2.75, 3.05) is 20.1 Å². The molecule has 0 aromatic rings. The van der Waals surface area contributed by atoms with Gasteiger partial charge in [0, 0.05) is 20.1 Å². The molecule has 2 rings (SSSR count). The molecule has 4 nitrogen and oxygen atoms in total. The molecule has 4 atom stereocenters. The van der Waals surface area contributed by atoms with Gasteiger partial charge in [0.2, 0.25) is 0 Å². The quantitative estimate of drug-likeness (QED) is 0.786. The second kappa shape index (κ2) is 5.91. The zero-order valence-corrected chi connectivity index (χ0v) is 11.6. The van der Waals surface area contributed by atoms with Crippen molar-refractivity contribution in [1.82, 2.24) is 10.2 Å². The third-order valence-corrected chi connectivity index (χ3v) is 4.56. The number of amides is 2. The van der Waals surface area contributed by atoms with E-state index in [-0.39, 0.29) is 6.03 Å². The number of aliphatic hydroxyl groups is 1. The van der Waals surface area contributed by atoms with Crippen LogP contribution in [0, 0.1) is 17.8 Å². The Balaban J connectivity index is 1.62. The number of aliphatic hydroxyl groups excluding tert-OH is 1. The van der Waals surface area contributed by atoms with Crippen LogP contribution >= 0.6 is 0 Å². The van der Waals surface area contributed by atoms with Crippen molar-refractivity contribution in [3.05, 3.63) is 0 Å². The number of fused-ring (bicyclic) bond motifs is 2. The van der Waals surface area contributed by atoms with Gasteiger partial charge in [0.05, 0.1) is 6.10 Å². The molecule has 0 radical (unpaired) electrons. The molecule has 2 N–H and O–H groups in total. The third-order valence-electron chi connectivity index (χ3n) is 4.56. The summed E-state index contributed by atoms with van der Waals surface area (Å²) in [7, 11) is 1.72. The fraction of sp³-hybridized carbons (Fsp3) is 0.929. The zero-order chi connectivity index (χ0) is 13.1. The molecule has 0 aromatic heterocycles. The smallest absolute Gasteiger partial charge is 0.317 e. The fourth-order valence-corrected chi connectivity index (χ4v) is 3.71. The van der Waals surface area contributed by atoms with Gasteiger partial charge >= 0.3 is 6.03 Å². The van der Waals surface area contributed by atoms with E-state index >= 15 is 0 Å². The van der Waals surface area contributed by atoms with Gasteiger partial charge in [-0.25, -0.2) is 4.79 Å². The van der Waals surface area contributed by atoms with E-state index in [0.717, 1.165) is 30.7 Å². The molecule has 0 aliphatic heterocycles. The summed E-state index contributed by atoms with van der Waals surface area (Å²) < 4.78 is 0. The highest BCUT2D eigenvalue weighted by atomic mass is 16.3. The summed E-state index contributed by atoms with van der Waals surface area (Å²) in [6.45, 7) is 2.86. The largest absolute Gasteiger partial charge is 0.392 e. The first-order valence-corrected chi connectivity index (χ1v) is 7.23. The molecule has 18 heavy (non-hydrogen) atoms. The summed E-state index contributed by atoms with van der Waals surface area (Å²) in [5.74, 6) is 2.75. The molecule has 0 saturated heterocycles. The van der Waals surface area contributed by atoms with E-state index < -0.39 is 6.10 Å². The topological polar surface area (TPSA) is 52.6 Å². The van der Waals surface area contributed by atoms with Crippen molar-refractivity contribution in [3.8, 4) is 0 Å². The summed E-state index contributed by atoms with van der Waals surface area (Å²) in [5.41, 5.74) is 0. The van der Waals surface area contributed by atoms with Gasteiger partial charge < -0.3 is 15.3 Å². The number of hydrogen-bond acceptors (Lipinski definition) is 2. The minimum atomic E-state index is -0.466. The fourth-order valence-electron chi connectivity index (χ4n) is 3.71. The molecule has 2 saturated carbocycles. The van der Waals surface area contributed by atoms with Gasteiger partial charge in [-0.3, -0.25) is 0 Å². The average Bonchev–Trinajstić information content (AvgIpc) is 2.89. The maximum Gasteiger partial charge on any atom is 0.317 e. The van der Waals surface area contributed by atoms with Crippen LogP contribution in [0.4, 0.5) is 4.79 Å². The number of likely N-dealkylation sites (N-methyl/N-ethyl adjacent to an activating group) is 1. The Hall–Kier alpha value is -0.770. The second-order valence-corrected chi connectivity index (χ2v) is 6.19. The van der Waals surface area contributed by atoms with E-state index in [2.05, 4.69) is 5.32 Å². The summed E-state index contributed by atoms with van der Waals surface area (Å²) in [6, 6.07) is -0.0703. The molecule has 0 aromatic carbocycles. The van der Waals surface area contributed by atoms with Crippen LogP contribution in [0.5, 0.6) is 0 Å². The predicted molar refractivity (Wildman–Crippen MR) is 71.3 cm³/mol. The standard InChI is InChI=1S/C14H26N2O2/c1-10(17)9-16(2)14(18)15-6-5-13-8-11-3-4-12(13)7-11/h10-13,17H,3-9H2,1-2H3,(H,15,18). The molecule has 4 unspecified atom stereocenters. The molecule has 2 aliphatic carbocycles. The normalized spacial score (nSPS) is 31.4. The molecule has 2 bridgehead atoms. The van der Waals surface area contributed by atoms with Gasteiger partial charge in [0.25, 0.3) is 0 Å². The molecule has 0 heterocycles. The Bertz CT molecular complexity index is 294. The first kappa shape index (κ1) is 13.7. The van der Waals surface area contributed by atoms with Crippen LogP contribution in [0.2, 0.25) is 0 Å². The molecule has 2 fully saturated rings. The Morgan fingerprint density at radius 1 is 1.44 bits per heavy atom. The van der Waals surface area contributed by atoms with Crippen LogP contribution in [0.3, 0.4) is 0 Å². The highest BCUT2D eigenvalue weighted by Gasteiger charge is 2.38. The number of urea groups is 1. The Kier molecular flexibility index (Phi) is 4.49. The summed E-state index contributed by atoms with van der Waals surface area (Å²) in [5, 5.41) is 12.2. The predicted octanol–water partition coefficient (Wildman–Crippen LogP) is 1.83. The SMILES string of the molecule is CC(O)CN(C)C(=O)NCCC1CC2CCC1C2. The molecular formula is C14H26N2O2. The highest BCUT2D eigenvalue weighted by molar-refractivity contribution is 5.73. The van der Waals surface area contributed by atoms with Crippen LogP contribution in [0.15, 0.2) is 0 Å². The van der Waals surface area contributed by atoms with Crippen molar-refractivity contribution >= 4 is 6.03 Å². The van der Waals surface area contributed by atoms with Gasteiger partial charge in [-0.15, -0.1) is 0 Å². The summed E-state index contributed by atoms with van der Waals surface area (Å²) >= 11 is 0. The molecule has 104 valence electrons. The van der Waals surface area contributed by atoms with Gasteiger partial charge in [-0.1, -0.05) is 6.42 Å². The Labute approximate surface area is 110 Å². The van der Waals surface area contributed by atoms with Crippen LogP contribution in [0.1, 0.15) is 39.0 Å². The van der Waals surface area contributed by atoms with Crippen molar-refractivity contribution in [2.45, 2.75) is 45.1 Å². The van der Waals surface area contributed by atoms with Crippen molar-refractivity contribution < 1.29 is 9.90 Å². The van der Waals surface area contributed by atoms with E-state index in [4.69, 9.17) is 0 Å². The third kappa shape index (κ3) is 3.37. The first-order valence-electron chi connectivity index (χ1n) is 7.23. The van der Waals surface area contributed by atoms with Crippen molar-refractivity contribution in [1.29, 1.82) is 0 Å². The monoisotopic (exact) mass is 254 g/mol. The molecule has 4 heteroatoms. The number of nitrogens with zero attached hydrogens (tertiary/aromatic N) is 1. The lowest BCUT2D eigenvalue weighted by Gasteiger charge is -2.23. The number of hydrogen-bond donors (Lipinski definition) is 2. The minimum absolute atomic E-state index is 0.0703. The molecule has 2 amide bonds. The lowest BCUT2D eigenvalue weighted by atomic mass is 9.86. The molecule has 0 spiro atoms.